The molecule has 4 N–H and O–H groups in total. The smallest absolute Gasteiger partial charge is 0.109 e. The summed E-state index contributed by atoms with van der Waals surface area (Å²) in [7, 11) is 0. The number of rotatable bonds is 3. The van der Waals surface area contributed by atoms with E-state index in [0.717, 1.165) is 6.42 Å². The summed E-state index contributed by atoms with van der Waals surface area (Å²) in [6, 6.07) is -0.464. The minimum absolute atomic E-state index is 0.203. The number of nitrogens with zero attached hydrogens (tertiary/aromatic N) is 1. The predicted octanol–water partition coefficient (Wildman–Crippen LogP) is -1.84. The first kappa shape index (κ1) is 11.9. The van der Waals surface area contributed by atoms with E-state index in [1.165, 1.54) is 0 Å². The maximum absolute atomic E-state index is 9.59. The van der Waals surface area contributed by atoms with Crippen LogP contribution in [0.2, 0.25) is 0 Å². The van der Waals surface area contributed by atoms with Crippen molar-refractivity contribution in [2.45, 2.75) is 37.7 Å². The molecule has 4 atom stereocenters. The van der Waals surface area contributed by atoms with Gasteiger partial charge in [-0.2, -0.15) is 0 Å². The molecule has 1 aliphatic heterocycles. The lowest BCUT2D eigenvalue weighted by atomic mass is 9.94. The Hall–Kier alpha value is -0.200. The first-order valence-corrected chi connectivity index (χ1v) is 5.01. The first-order chi connectivity index (χ1) is 6.61. The van der Waals surface area contributed by atoms with Gasteiger partial charge in [0.25, 0.3) is 0 Å². The van der Waals surface area contributed by atoms with Gasteiger partial charge in [-0.3, -0.25) is 4.90 Å². The van der Waals surface area contributed by atoms with E-state index in [1.807, 2.05) is 11.8 Å². The van der Waals surface area contributed by atoms with Crippen molar-refractivity contribution in [3.63, 3.8) is 0 Å². The van der Waals surface area contributed by atoms with Gasteiger partial charge in [0.15, 0.2) is 0 Å². The topological polar surface area (TPSA) is 84.2 Å². The zero-order chi connectivity index (χ0) is 10.7. The van der Waals surface area contributed by atoms with Gasteiger partial charge in [-0.1, -0.05) is 6.92 Å². The molecule has 0 aliphatic carbocycles. The Labute approximate surface area is 83.6 Å². The third kappa shape index (κ3) is 2.24. The Morgan fingerprint density at radius 3 is 2.36 bits per heavy atom. The van der Waals surface area contributed by atoms with Gasteiger partial charge in [0.2, 0.25) is 0 Å². The Bertz CT molecular complexity index is 178. The van der Waals surface area contributed by atoms with Crippen molar-refractivity contribution in [1.29, 1.82) is 0 Å². The fourth-order valence-electron chi connectivity index (χ4n) is 1.92. The number of likely N-dealkylation sites (tertiary alicyclic amines) is 1. The molecule has 0 amide bonds. The molecule has 1 rings (SSSR count). The van der Waals surface area contributed by atoms with E-state index in [4.69, 9.17) is 5.11 Å². The standard InChI is InChI=1S/C9H19NO4/c1-2-3-10-4-7(12)9(14)8(13)6(10)5-11/h6-9,11-14H,2-5H2,1H3/t6-,7+,8+,9-/m1/s1. The SMILES string of the molecule is CCCN1C[C@H](O)[C@@H](O)[C@@H](O)[C@H]1CO. The lowest BCUT2D eigenvalue weighted by molar-refractivity contribution is -0.144. The Kier molecular flexibility index (Phi) is 4.28. The molecule has 1 heterocycles. The van der Waals surface area contributed by atoms with Gasteiger partial charge in [0, 0.05) is 6.54 Å². The third-order valence-electron chi connectivity index (χ3n) is 2.73. The average molecular weight is 205 g/mol. The zero-order valence-electron chi connectivity index (χ0n) is 8.37. The molecule has 0 radical (unpaired) electrons. The van der Waals surface area contributed by atoms with Crippen LogP contribution in [0.4, 0.5) is 0 Å². The predicted molar refractivity (Wildman–Crippen MR) is 50.8 cm³/mol. The van der Waals surface area contributed by atoms with Gasteiger partial charge in [-0.05, 0) is 13.0 Å². The Balaban J connectivity index is 2.66. The van der Waals surface area contributed by atoms with Crippen LogP contribution in [0.25, 0.3) is 0 Å². The highest BCUT2D eigenvalue weighted by Gasteiger charge is 2.40. The van der Waals surface area contributed by atoms with Gasteiger partial charge in [-0.15, -0.1) is 0 Å². The lowest BCUT2D eigenvalue weighted by Crippen LogP contribution is -2.62. The summed E-state index contributed by atoms with van der Waals surface area (Å²) in [6.45, 7) is 2.78. The number of piperidine rings is 1. The minimum Gasteiger partial charge on any atom is -0.395 e. The van der Waals surface area contributed by atoms with E-state index in [2.05, 4.69) is 0 Å². The summed E-state index contributed by atoms with van der Waals surface area (Å²) in [5.41, 5.74) is 0. The fraction of sp³-hybridized carbons (Fsp3) is 1.00. The molecule has 0 aromatic carbocycles. The molecular formula is C9H19NO4. The molecule has 1 saturated heterocycles. The number of hydrogen-bond donors (Lipinski definition) is 4. The Morgan fingerprint density at radius 2 is 1.86 bits per heavy atom. The van der Waals surface area contributed by atoms with Crippen molar-refractivity contribution in [1.82, 2.24) is 4.90 Å². The number of hydrogen-bond acceptors (Lipinski definition) is 5. The monoisotopic (exact) mass is 205 g/mol. The summed E-state index contributed by atoms with van der Waals surface area (Å²) in [5.74, 6) is 0. The van der Waals surface area contributed by atoms with Gasteiger partial charge in [0.1, 0.15) is 12.2 Å². The molecule has 1 aliphatic rings. The molecule has 0 unspecified atom stereocenters. The van der Waals surface area contributed by atoms with Gasteiger partial charge >= 0.3 is 0 Å². The van der Waals surface area contributed by atoms with Crippen molar-refractivity contribution in [3.05, 3.63) is 0 Å². The van der Waals surface area contributed by atoms with Crippen molar-refractivity contribution in [2.75, 3.05) is 19.7 Å². The minimum atomic E-state index is -1.15. The third-order valence-corrected chi connectivity index (χ3v) is 2.73. The number of aliphatic hydroxyl groups is 4. The van der Waals surface area contributed by atoms with Gasteiger partial charge < -0.3 is 20.4 Å². The highest BCUT2D eigenvalue weighted by Crippen LogP contribution is 2.18. The molecule has 1 fully saturated rings. The van der Waals surface area contributed by atoms with Crippen LogP contribution >= 0.6 is 0 Å². The van der Waals surface area contributed by atoms with E-state index in [-0.39, 0.29) is 6.61 Å². The summed E-state index contributed by atoms with van der Waals surface area (Å²) < 4.78 is 0. The van der Waals surface area contributed by atoms with Crippen LogP contribution < -0.4 is 0 Å². The molecule has 0 saturated carbocycles. The summed E-state index contributed by atoms with van der Waals surface area (Å²) >= 11 is 0. The molecule has 84 valence electrons. The summed E-state index contributed by atoms with van der Waals surface area (Å²) in [4.78, 5) is 1.81. The van der Waals surface area contributed by atoms with Crippen LogP contribution in [-0.2, 0) is 0 Å². The molecule has 14 heavy (non-hydrogen) atoms. The van der Waals surface area contributed by atoms with Crippen LogP contribution in [0.5, 0.6) is 0 Å². The van der Waals surface area contributed by atoms with E-state index in [1.54, 1.807) is 0 Å². The van der Waals surface area contributed by atoms with Crippen LogP contribution in [0.15, 0.2) is 0 Å². The quantitative estimate of drug-likeness (QED) is 0.435. The summed E-state index contributed by atoms with van der Waals surface area (Å²) in [5, 5.41) is 37.5. The largest absolute Gasteiger partial charge is 0.395 e. The molecule has 0 aromatic rings. The van der Waals surface area contributed by atoms with E-state index < -0.39 is 24.4 Å². The normalized spacial score (nSPS) is 40.1. The second-order valence-electron chi connectivity index (χ2n) is 3.79. The van der Waals surface area contributed by atoms with Crippen molar-refractivity contribution in [2.24, 2.45) is 0 Å². The summed E-state index contributed by atoms with van der Waals surface area (Å²) in [6.07, 6.45) is -2.28. The number of β-amino-alcohol motifs (C(OH)–C–C–N with tert-alkyl or cyclic N) is 1. The maximum atomic E-state index is 9.59. The maximum Gasteiger partial charge on any atom is 0.109 e. The molecule has 0 bridgehead atoms. The van der Waals surface area contributed by atoms with Gasteiger partial charge in [-0.25, -0.2) is 0 Å². The van der Waals surface area contributed by atoms with Crippen LogP contribution in [-0.4, -0.2) is 69.4 Å². The molecule has 0 aromatic heterocycles. The van der Waals surface area contributed by atoms with Crippen molar-refractivity contribution < 1.29 is 20.4 Å². The van der Waals surface area contributed by atoms with Crippen molar-refractivity contribution >= 4 is 0 Å². The molecular weight excluding hydrogens is 186 g/mol. The van der Waals surface area contributed by atoms with E-state index in [0.29, 0.717) is 13.1 Å². The number of aliphatic hydroxyl groups excluding tert-OH is 4. The second kappa shape index (κ2) is 5.04. The lowest BCUT2D eigenvalue weighted by Gasteiger charge is -2.43. The highest BCUT2D eigenvalue weighted by atomic mass is 16.4. The van der Waals surface area contributed by atoms with Crippen LogP contribution in [0, 0.1) is 0 Å². The van der Waals surface area contributed by atoms with Crippen LogP contribution in [0.1, 0.15) is 13.3 Å². The van der Waals surface area contributed by atoms with Gasteiger partial charge in [0.05, 0.1) is 18.8 Å². The molecule has 5 heteroatoms. The van der Waals surface area contributed by atoms with Crippen molar-refractivity contribution in [3.8, 4) is 0 Å². The first-order valence-electron chi connectivity index (χ1n) is 5.01. The fourth-order valence-corrected chi connectivity index (χ4v) is 1.92. The second-order valence-corrected chi connectivity index (χ2v) is 3.79. The van der Waals surface area contributed by atoms with Crippen LogP contribution in [0.3, 0.4) is 0 Å². The zero-order valence-corrected chi connectivity index (χ0v) is 8.37. The Morgan fingerprint density at radius 1 is 1.21 bits per heavy atom. The molecule has 5 nitrogen and oxygen atoms in total. The molecule has 0 spiro atoms. The average Bonchev–Trinajstić information content (AvgIpc) is 2.16. The van der Waals surface area contributed by atoms with E-state index in [9.17, 15) is 15.3 Å². The highest BCUT2D eigenvalue weighted by molar-refractivity contribution is 4.93. The van der Waals surface area contributed by atoms with E-state index >= 15 is 0 Å².